The van der Waals surface area contributed by atoms with Crippen LogP contribution in [0.5, 0.6) is 0 Å². The van der Waals surface area contributed by atoms with Crippen molar-refractivity contribution in [3.63, 3.8) is 0 Å². The number of amides is 1. The second-order valence-corrected chi connectivity index (χ2v) is 10.2. The molecule has 1 fully saturated rings. The number of carbonyl (C=O) groups excluding carboxylic acids is 1. The lowest BCUT2D eigenvalue weighted by Gasteiger charge is -2.34. The van der Waals surface area contributed by atoms with Crippen LogP contribution < -0.4 is 5.32 Å². The van der Waals surface area contributed by atoms with E-state index in [9.17, 15) is 4.79 Å². The van der Waals surface area contributed by atoms with Crippen LogP contribution in [0.1, 0.15) is 37.3 Å². The van der Waals surface area contributed by atoms with E-state index in [0.717, 1.165) is 42.8 Å². The van der Waals surface area contributed by atoms with Crippen LogP contribution in [0.25, 0.3) is 22.9 Å². The van der Waals surface area contributed by atoms with Crippen molar-refractivity contribution in [2.75, 3.05) is 20.1 Å². The Balaban J connectivity index is 1.49. The molecule has 0 spiro atoms. The first-order valence-electron chi connectivity index (χ1n) is 12.5. The number of pyridine rings is 1. The standard InChI is InChI=1S/C30H30ClFN4O/c1-4-20-16-26(32)24(17-25(20)31)29-23(6-5-13-33-29)21-8-10-27-19(2)7-9-28(36(27)18-21)30(37)34-22-11-14-35(3)15-12-22/h4-6,8-10,13,16-18,22H,1,7,11-12,14-15H2,2-3H3,(H,34,37). The first-order valence-corrected chi connectivity index (χ1v) is 12.9. The number of hydrogen-bond donors (Lipinski definition) is 1. The predicted molar refractivity (Wildman–Crippen MR) is 148 cm³/mol. The van der Waals surface area contributed by atoms with Crippen LogP contribution in [-0.4, -0.2) is 46.9 Å². The van der Waals surface area contributed by atoms with Crippen LogP contribution in [0.3, 0.4) is 0 Å². The third-order valence-corrected chi connectivity index (χ3v) is 7.54. The van der Waals surface area contributed by atoms with Crippen molar-refractivity contribution in [1.82, 2.24) is 20.1 Å². The Bertz CT molecular complexity index is 1380. The average molecular weight is 517 g/mol. The summed E-state index contributed by atoms with van der Waals surface area (Å²) < 4.78 is 15.1. The highest BCUT2D eigenvalue weighted by atomic mass is 35.5. The fraction of sp³-hybridized carbons (Fsp3) is 0.267. The number of piperidine rings is 1. The zero-order chi connectivity index (χ0) is 26.1. The number of nitrogens with one attached hydrogen (secondary N) is 1. The first-order chi connectivity index (χ1) is 17.9. The molecule has 0 atom stereocenters. The lowest BCUT2D eigenvalue weighted by molar-refractivity contribution is -0.119. The van der Waals surface area contributed by atoms with E-state index in [1.807, 2.05) is 41.5 Å². The molecule has 3 aliphatic heterocycles. The van der Waals surface area contributed by atoms with Crippen molar-refractivity contribution in [2.45, 2.75) is 32.2 Å². The SMILES string of the molecule is C=Cc1cc(F)c(-c2ncccc2C2=CN3C(C(=O)NC4CCN(C)CC4)=CCC(C)=C3C=C2)cc1Cl. The van der Waals surface area contributed by atoms with Crippen molar-refractivity contribution in [3.05, 3.63) is 100 Å². The Labute approximate surface area is 222 Å². The summed E-state index contributed by atoms with van der Waals surface area (Å²) in [6.45, 7) is 7.72. The van der Waals surface area contributed by atoms with Crippen LogP contribution in [0.4, 0.5) is 4.39 Å². The van der Waals surface area contributed by atoms with Gasteiger partial charge in [0.05, 0.1) is 5.69 Å². The topological polar surface area (TPSA) is 48.5 Å². The Morgan fingerprint density at radius 3 is 2.78 bits per heavy atom. The number of allylic oxidation sites excluding steroid dienone is 5. The molecule has 0 bridgehead atoms. The fourth-order valence-corrected chi connectivity index (χ4v) is 5.27. The molecule has 1 aromatic carbocycles. The number of aromatic nitrogens is 1. The second kappa shape index (κ2) is 10.5. The van der Waals surface area contributed by atoms with E-state index in [4.69, 9.17) is 11.6 Å². The maximum absolute atomic E-state index is 15.1. The largest absolute Gasteiger partial charge is 0.348 e. The molecule has 1 aromatic heterocycles. The highest BCUT2D eigenvalue weighted by molar-refractivity contribution is 6.32. The van der Waals surface area contributed by atoms with Crippen molar-refractivity contribution in [2.24, 2.45) is 0 Å². The van der Waals surface area contributed by atoms with Gasteiger partial charge >= 0.3 is 0 Å². The second-order valence-electron chi connectivity index (χ2n) is 9.76. The summed E-state index contributed by atoms with van der Waals surface area (Å²) in [4.78, 5) is 22.1. The van der Waals surface area contributed by atoms with Crippen molar-refractivity contribution < 1.29 is 9.18 Å². The summed E-state index contributed by atoms with van der Waals surface area (Å²) in [5.74, 6) is -0.498. The van der Waals surface area contributed by atoms with Crippen LogP contribution in [0.2, 0.25) is 5.02 Å². The monoisotopic (exact) mass is 516 g/mol. The third-order valence-electron chi connectivity index (χ3n) is 7.21. The number of benzene rings is 1. The Morgan fingerprint density at radius 1 is 1.24 bits per heavy atom. The molecule has 0 unspecified atom stereocenters. The molecule has 4 heterocycles. The summed E-state index contributed by atoms with van der Waals surface area (Å²) in [5.41, 5.74) is 5.66. The molecule has 5 nitrogen and oxygen atoms in total. The molecule has 7 heteroatoms. The number of carbonyl (C=O) groups is 1. The van der Waals surface area contributed by atoms with Crippen molar-refractivity contribution in [3.8, 4) is 11.3 Å². The van der Waals surface area contributed by atoms with Crippen LogP contribution in [0, 0.1) is 5.82 Å². The van der Waals surface area contributed by atoms with Gasteiger partial charge in [-0.05, 0) is 81.7 Å². The van der Waals surface area contributed by atoms with E-state index in [1.165, 1.54) is 17.7 Å². The minimum absolute atomic E-state index is 0.0743. The summed E-state index contributed by atoms with van der Waals surface area (Å²) in [6, 6.07) is 6.85. The molecule has 1 N–H and O–H groups in total. The molecule has 2 aromatic rings. The highest BCUT2D eigenvalue weighted by Gasteiger charge is 2.28. The fourth-order valence-electron chi connectivity index (χ4n) is 5.03. The van der Waals surface area contributed by atoms with E-state index in [0.29, 0.717) is 34.0 Å². The molecule has 0 aliphatic carbocycles. The zero-order valence-corrected chi connectivity index (χ0v) is 21.9. The molecule has 37 heavy (non-hydrogen) atoms. The smallest absolute Gasteiger partial charge is 0.268 e. The molecule has 5 rings (SSSR count). The predicted octanol–water partition coefficient (Wildman–Crippen LogP) is 6.17. The first kappa shape index (κ1) is 25.2. The molecular formula is C30H30ClFN4O. The lowest BCUT2D eigenvalue weighted by Crippen LogP contribution is -2.45. The number of hydrogen-bond acceptors (Lipinski definition) is 4. The van der Waals surface area contributed by atoms with Gasteiger partial charge in [0, 0.05) is 45.9 Å². The van der Waals surface area contributed by atoms with E-state index in [2.05, 4.69) is 35.8 Å². The number of likely N-dealkylation sites (tertiary alicyclic amines) is 1. The van der Waals surface area contributed by atoms with Gasteiger partial charge < -0.3 is 15.1 Å². The van der Waals surface area contributed by atoms with Crippen LogP contribution in [-0.2, 0) is 4.79 Å². The maximum Gasteiger partial charge on any atom is 0.268 e. The van der Waals surface area contributed by atoms with Crippen molar-refractivity contribution >= 4 is 29.2 Å². The van der Waals surface area contributed by atoms with Gasteiger partial charge in [0.25, 0.3) is 5.91 Å². The van der Waals surface area contributed by atoms with Gasteiger partial charge in [0.15, 0.2) is 0 Å². The van der Waals surface area contributed by atoms with E-state index in [-0.39, 0.29) is 11.9 Å². The molecule has 0 saturated carbocycles. The number of halogens is 2. The van der Waals surface area contributed by atoms with E-state index < -0.39 is 5.82 Å². The van der Waals surface area contributed by atoms with E-state index in [1.54, 1.807) is 12.3 Å². The quantitative estimate of drug-likeness (QED) is 0.516. The van der Waals surface area contributed by atoms with Crippen molar-refractivity contribution in [1.29, 1.82) is 0 Å². The Kier molecular flexibility index (Phi) is 7.13. The maximum atomic E-state index is 15.1. The summed E-state index contributed by atoms with van der Waals surface area (Å²) in [5, 5.41) is 3.64. The zero-order valence-electron chi connectivity index (χ0n) is 21.1. The highest BCUT2D eigenvalue weighted by Crippen LogP contribution is 2.37. The number of nitrogens with zero attached hydrogens (tertiary/aromatic N) is 3. The lowest BCUT2D eigenvalue weighted by atomic mass is 9.94. The normalized spacial score (nSPS) is 18.3. The summed E-state index contributed by atoms with van der Waals surface area (Å²) >= 11 is 6.38. The minimum Gasteiger partial charge on any atom is -0.348 e. The molecule has 1 saturated heterocycles. The van der Waals surface area contributed by atoms with Crippen LogP contribution >= 0.6 is 11.6 Å². The Morgan fingerprint density at radius 2 is 2.03 bits per heavy atom. The van der Waals surface area contributed by atoms with Gasteiger partial charge in [-0.2, -0.15) is 0 Å². The van der Waals surface area contributed by atoms with Gasteiger partial charge in [-0.15, -0.1) is 0 Å². The minimum atomic E-state index is -0.424. The summed E-state index contributed by atoms with van der Waals surface area (Å²) in [6.07, 6.45) is 13.7. The van der Waals surface area contributed by atoms with Gasteiger partial charge in [-0.1, -0.05) is 42.5 Å². The molecule has 1 amide bonds. The van der Waals surface area contributed by atoms with Gasteiger partial charge in [-0.3, -0.25) is 9.78 Å². The number of fused-ring (bicyclic) bond motifs is 1. The molecular weight excluding hydrogens is 487 g/mol. The third kappa shape index (κ3) is 5.04. The van der Waals surface area contributed by atoms with E-state index >= 15 is 4.39 Å². The average Bonchev–Trinajstić information content (AvgIpc) is 2.91. The molecule has 190 valence electrons. The molecule has 3 aliphatic rings. The molecule has 0 radical (unpaired) electrons. The van der Waals surface area contributed by atoms with Gasteiger partial charge in [0.1, 0.15) is 11.5 Å². The van der Waals surface area contributed by atoms with Gasteiger partial charge in [0.2, 0.25) is 0 Å². The summed E-state index contributed by atoms with van der Waals surface area (Å²) in [7, 11) is 2.11. The van der Waals surface area contributed by atoms with Crippen LogP contribution in [0.15, 0.2) is 78.4 Å². The Hall–Kier alpha value is -3.48. The number of rotatable bonds is 5. The van der Waals surface area contributed by atoms with Gasteiger partial charge in [-0.25, -0.2) is 4.39 Å².